The number of aliphatic hydroxyl groups is 1. The van der Waals surface area contributed by atoms with E-state index in [9.17, 15) is 9.90 Å². The molecule has 14 heavy (non-hydrogen) atoms. The number of aliphatic hydroxyl groups excluding tert-OH is 1. The predicted octanol–water partition coefficient (Wildman–Crippen LogP) is -0.0802. The summed E-state index contributed by atoms with van der Waals surface area (Å²) >= 11 is 0. The van der Waals surface area contributed by atoms with Gasteiger partial charge in [0, 0.05) is 19.6 Å². The molecule has 1 N–H and O–H groups in total. The van der Waals surface area contributed by atoms with Crippen molar-refractivity contribution in [2.75, 3.05) is 27.2 Å². The van der Waals surface area contributed by atoms with Crippen molar-refractivity contribution in [3.8, 4) is 0 Å². The van der Waals surface area contributed by atoms with Gasteiger partial charge in [0.1, 0.15) is 6.10 Å². The van der Waals surface area contributed by atoms with Crippen molar-refractivity contribution < 1.29 is 9.90 Å². The summed E-state index contributed by atoms with van der Waals surface area (Å²) in [4.78, 5) is 15.4. The Labute approximate surface area is 85.5 Å². The van der Waals surface area contributed by atoms with Crippen LogP contribution in [0.3, 0.4) is 0 Å². The molecule has 1 amide bonds. The van der Waals surface area contributed by atoms with Gasteiger partial charge in [-0.1, -0.05) is 0 Å². The molecule has 0 radical (unpaired) electrons. The average Bonchev–Trinajstić information content (AvgIpc) is 2.15. The third kappa shape index (κ3) is 2.69. The van der Waals surface area contributed by atoms with E-state index in [1.807, 2.05) is 0 Å². The van der Waals surface area contributed by atoms with E-state index in [-0.39, 0.29) is 11.9 Å². The van der Waals surface area contributed by atoms with Crippen molar-refractivity contribution in [3.05, 3.63) is 0 Å². The van der Waals surface area contributed by atoms with Gasteiger partial charge in [-0.2, -0.15) is 0 Å². The molecule has 1 saturated heterocycles. The van der Waals surface area contributed by atoms with Crippen LogP contribution in [0.4, 0.5) is 0 Å². The molecule has 4 heteroatoms. The Hall–Kier alpha value is -0.610. The van der Waals surface area contributed by atoms with Crippen LogP contribution < -0.4 is 0 Å². The van der Waals surface area contributed by atoms with Crippen molar-refractivity contribution in [1.82, 2.24) is 9.80 Å². The predicted molar refractivity (Wildman–Crippen MR) is 55.0 cm³/mol. The third-order valence-electron chi connectivity index (χ3n) is 2.85. The van der Waals surface area contributed by atoms with Crippen LogP contribution in [0, 0.1) is 0 Å². The molecule has 82 valence electrons. The standard InChI is InChI=1S/C10H20N2O2/c1-8(13)10(14)12(3)9-5-4-6-11(2)7-9/h8-9,13H,4-7H2,1-3H3. The summed E-state index contributed by atoms with van der Waals surface area (Å²) in [5.74, 6) is -0.176. The highest BCUT2D eigenvalue weighted by molar-refractivity contribution is 5.80. The first-order chi connectivity index (χ1) is 6.52. The van der Waals surface area contributed by atoms with E-state index in [1.165, 1.54) is 6.92 Å². The zero-order valence-electron chi connectivity index (χ0n) is 9.23. The van der Waals surface area contributed by atoms with E-state index >= 15 is 0 Å². The maximum Gasteiger partial charge on any atom is 0.251 e. The topological polar surface area (TPSA) is 43.8 Å². The molecular weight excluding hydrogens is 180 g/mol. The van der Waals surface area contributed by atoms with E-state index in [1.54, 1.807) is 11.9 Å². The summed E-state index contributed by atoms with van der Waals surface area (Å²) in [6, 6.07) is 0.260. The average molecular weight is 200 g/mol. The molecule has 0 saturated carbocycles. The number of likely N-dealkylation sites (tertiary alicyclic amines) is 1. The lowest BCUT2D eigenvalue weighted by atomic mass is 10.0. The molecule has 1 rings (SSSR count). The smallest absolute Gasteiger partial charge is 0.251 e. The Morgan fingerprint density at radius 2 is 2.29 bits per heavy atom. The monoisotopic (exact) mass is 200 g/mol. The lowest BCUT2D eigenvalue weighted by Crippen LogP contribution is -2.49. The van der Waals surface area contributed by atoms with Crippen molar-refractivity contribution in [2.45, 2.75) is 31.9 Å². The van der Waals surface area contributed by atoms with Gasteiger partial charge in [0.25, 0.3) is 5.91 Å². The Bertz CT molecular complexity index is 206. The van der Waals surface area contributed by atoms with Gasteiger partial charge in [-0.25, -0.2) is 0 Å². The minimum Gasteiger partial charge on any atom is -0.384 e. The zero-order chi connectivity index (χ0) is 10.7. The highest BCUT2D eigenvalue weighted by Gasteiger charge is 2.26. The summed E-state index contributed by atoms with van der Waals surface area (Å²) in [5, 5.41) is 9.18. The quantitative estimate of drug-likeness (QED) is 0.678. The van der Waals surface area contributed by atoms with Gasteiger partial charge >= 0.3 is 0 Å². The van der Waals surface area contributed by atoms with Crippen LogP contribution in [0.25, 0.3) is 0 Å². The molecule has 0 aliphatic carbocycles. The molecule has 1 aliphatic heterocycles. The first-order valence-electron chi connectivity index (χ1n) is 5.15. The van der Waals surface area contributed by atoms with Crippen molar-refractivity contribution in [2.24, 2.45) is 0 Å². The molecule has 0 aromatic carbocycles. The van der Waals surface area contributed by atoms with Gasteiger partial charge in [-0.15, -0.1) is 0 Å². The summed E-state index contributed by atoms with van der Waals surface area (Å²) < 4.78 is 0. The summed E-state index contributed by atoms with van der Waals surface area (Å²) in [6.07, 6.45) is 1.28. The minimum absolute atomic E-state index is 0.176. The molecule has 4 nitrogen and oxygen atoms in total. The van der Waals surface area contributed by atoms with Gasteiger partial charge in [-0.3, -0.25) is 4.79 Å². The summed E-state index contributed by atoms with van der Waals surface area (Å²) in [7, 11) is 3.84. The number of likely N-dealkylation sites (N-methyl/N-ethyl adjacent to an activating group) is 2. The lowest BCUT2D eigenvalue weighted by Gasteiger charge is -2.36. The second kappa shape index (κ2) is 4.75. The van der Waals surface area contributed by atoms with Crippen molar-refractivity contribution in [1.29, 1.82) is 0 Å². The first kappa shape index (κ1) is 11.5. The Kier molecular flexibility index (Phi) is 3.89. The molecule has 0 aromatic heterocycles. The SMILES string of the molecule is CC(O)C(=O)N(C)C1CCCN(C)C1. The molecule has 1 heterocycles. The van der Waals surface area contributed by atoms with Crippen LogP contribution in [0.15, 0.2) is 0 Å². The fourth-order valence-electron chi connectivity index (χ4n) is 1.93. The van der Waals surface area contributed by atoms with Gasteiger partial charge in [0.15, 0.2) is 0 Å². The van der Waals surface area contributed by atoms with Crippen LogP contribution in [0.2, 0.25) is 0 Å². The van der Waals surface area contributed by atoms with Crippen molar-refractivity contribution >= 4 is 5.91 Å². The van der Waals surface area contributed by atoms with Crippen LogP contribution in [-0.4, -0.2) is 60.1 Å². The molecule has 1 fully saturated rings. The molecule has 1 aliphatic rings. The van der Waals surface area contributed by atoms with E-state index in [4.69, 9.17) is 0 Å². The number of hydrogen-bond acceptors (Lipinski definition) is 3. The van der Waals surface area contributed by atoms with Gasteiger partial charge in [0.05, 0.1) is 0 Å². The van der Waals surface area contributed by atoms with Gasteiger partial charge in [0.2, 0.25) is 0 Å². The van der Waals surface area contributed by atoms with Crippen LogP contribution in [0.5, 0.6) is 0 Å². The number of amides is 1. The lowest BCUT2D eigenvalue weighted by molar-refractivity contribution is -0.141. The maximum absolute atomic E-state index is 11.5. The van der Waals surface area contributed by atoms with Gasteiger partial charge < -0.3 is 14.9 Å². The summed E-state index contributed by atoms with van der Waals surface area (Å²) in [5.41, 5.74) is 0. The Balaban J connectivity index is 2.51. The Morgan fingerprint density at radius 3 is 2.79 bits per heavy atom. The van der Waals surface area contributed by atoms with Gasteiger partial charge in [-0.05, 0) is 33.4 Å². The second-order valence-corrected chi connectivity index (χ2v) is 4.18. The maximum atomic E-state index is 11.5. The van der Waals surface area contributed by atoms with E-state index < -0.39 is 6.10 Å². The number of rotatable bonds is 2. The fraction of sp³-hybridized carbons (Fsp3) is 0.900. The van der Waals surface area contributed by atoms with Crippen LogP contribution in [-0.2, 0) is 4.79 Å². The second-order valence-electron chi connectivity index (χ2n) is 4.18. The van der Waals surface area contributed by atoms with Crippen LogP contribution >= 0.6 is 0 Å². The third-order valence-corrected chi connectivity index (χ3v) is 2.85. The molecule has 0 bridgehead atoms. The van der Waals surface area contributed by atoms with E-state index in [0.717, 1.165) is 25.9 Å². The first-order valence-corrected chi connectivity index (χ1v) is 5.15. The van der Waals surface area contributed by atoms with Crippen molar-refractivity contribution in [3.63, 3.8) is 0 Å². The number of hydrogen-bond donors (Lipinski definition) is 1. The summed E-state index contributed by atoms with van der Waals surface area (Å²) in [6.45, 7) is 3.54. The molecule has 2 unspecified atom stereocenters. The van der Waals surface area contributed by atoms with E-state index in [2.05, 4.69) is 11.9 Å². The largest absolute Gasteiger partial charge is 0.384 e. The molecular formula is C10H20N2O2. The normalized spacial score (nSPS) is 25.9. The Morgan fingerprint density at radius 1 is 1.64 bits per heavy atom. The highest BCUT2D eigenvalue weighted by atomic mass is 16.3. The minimum atomic E-state index is -0.882. The van der Waals surface area contributed by atoms with E-state index in [0.29, 0.717) is 0 Å². The number of nitrogens with zero attached hydrogens (tertiary/aromatic N) is 2. The fourth-order valence-corrected chi connectivity index (χ4v) is 1.93. The molecule has 0 aromatic rings. The van der Waals surface area contributed by atoms with Crippen LogP contribution in [0.1, 0.15) is 19.8 Å². The molecule has 0 spiro atoms. The number of piperidine rings is 1. The number of carbonyl (C=O) groups excluding carboxylic acids is 1. The number of carbonyl (C=O) groups is 1. The molecule has 2 atom stereocenters. The highest BCUT2D eigenvalue weighted by Crippen LogP contribution is 2.13. The zero-order valence-corrected chi connectivity index (χ0v) is 9.23.